The molecule has 7 heteroatoms. The highest BCUT2D eigenvalue weighted by Gasteiger charge is 2.16. The monoisotopic (exact) mass is 334 g/mol. The fraction of sp³-hybridized carbons (Fsp3) is 0.438. The third-order valence-electron chi connectivity index (χ3n) is 3.91. The van der Waals surface area contributed by atoms with Crippen LogP contribution >= 0.6 is 11.6 Å². The molecule has 0 unspecified atom stereocenters. The predicted molar refractivity (Wildman–Crippen MR) is 87.0 cm³/mol. The molecule has 0 bridgehead atoms. The Bertz CT molecular complexity index is 650. The molecule has 1 aromatic carbocycles. The molecule has 2 aromatic rings. The SMILES string of the molecule is O=C(NCc1nc(-c2ccc(Cl)cc2)no1)NC1CCCCC1. The van der Waals surface area contributed by atoms with Crippen molar-refractivity contribution in [2.45, 2.75) is 44.7 Å². The summed E-state index contributed by atoms with van der Waals surface area (Å²) in [6.07, 6.45) is 5.72. The van der Waals surface area contributed by atoms with Crippen LogP contribution < -0.4 is 10.6 Å². The Morgan fingerprint density at radius 1 is 1.22 bits per heavy atom. The molecular weight excluding hydrogens is 316 g/mol. The molecule has 1 heterocycles. The van der Waals surface area contributed by atoms with Gasteiger partial charge in [0.25, 0.3) is 0 Å². The molecule has 1 saturated carbocycles. The topological polar surface area (TPSA) is 80.1 Å². The molecule has 6 nitrogen and oxygen atoms in total. The largest absolute Gasteiger partial charge is 0.337 e. The van der Waals surface area contributed by atoms with E-state index in [1.54, 1.807) is 12.1 Å². The molecule has 1 aliphatic rings. The summed E-state index contributed by atoms with van der Waals surface area (Å²) in [6.45, 7) is 0.207. The fourth-order valence-electron chi connectivity index (χ4n) is 2.68. The van der Waals surface area contributed by atoms with Gasteiger partial charge in [0, 0.05) is 16.6 Å². The highest BCUT2D eigenvalue weighted by Crippen LogP contribution is 2.19. The fourth-order valence-corrected chi connectivity index (χ4v) is 2.81. The van der Waals surface area contributed by atoms with Gasteiger partial charge in [-0.15, -0.1) is 0 Å². The summed E-state index contributed by atoms with van der Waals surface area (Å²) in [4.78, 5) is 16.1. The highest BCUT2D eigenvalue weighted by atomic mass is 35.5. The van der Waals surface area contributed by atoms with E-state index in [0.29, 0.717) is 16.7 Å². The van der Waals surface area contributed by atoms with Crippen molar-refractivity contribution in [3.63, 3.8) is 0 Å². The van der Waals surface area contributed by atoms with Crippen LogP contribution in [-0.2, 0) is 6.54 Å². The second kappa shape index (κ2) is 7.46. The number of carbonyl (C=O) groups is 1. The van der Waals surface area contributed by atoms with Gasteiger partial charge in [-0.3, -0.25) is 0 Å². The van der Waals surface area contributed by atoms with Crippen LogP contribution in [0.3, 0.4) is 0 Å². The molecule has 122 valence electrons. The number of halogens is 1. The maximum atomic E-state index is 11.9. The summed E-state index contributed by atoms with van der Waals surface area (Å²) < 4.78 is 5.15. The maximum Gasteiger partial charge on any atom is 0.315 e. The van der Waals surface area contributed by atoms with Crippen molar-refractivity contribution >= 4 is 17.6 Å². The van der Waals surface area contributed by atoms with E-state index >= 15 is 0 Å². The summed E-state index contributed by atoms with van der Waals surface area (Å²) in [5, 5.41) is 10.3. The van der Waals surface area contributed by atoms with Crippen molar-refractivity contribution in [1.29, 1.82) is 0 Å². The Morgan fingerprint density at radius 3 is 2.70 bits per heavy atom. The quantitative estimate of drug-likeness (QED) is 0.896. The van der Waals surface area contributed by atoms with E-state index in [2.05, 4.69) is 20.8 Å². The molecule has 0 radical (unpaired) electrons. The first-order valence-corrected chi connectivity index (χ1v) is 8.21. The number of benzene rings is 1. The molecule has 0 aliphatic heterocycles. The van der Waals surface area contributed by atoms with Crippen molar-refractivity contribution in [2.24, 2.45) is 0 Å². The first kappa shape index (κ1) is 15.8. The predicted octanol–water partition coefficient (Wildman–Crippen LogP) is 3.52. The van der Waals surface area contributed by atoms with E-state index in [0.717, 1.165) is 18.4 Å². The molecule has 0 saturated heterocycles. The molecule has 1 fully saturated rings. The number of carbonyl (C=O) groups excluding carboxylic acids is 1. The van der Waals surface area contributed by atoms with Gasteiger partial charge in [0.15, 0.2) is 0 Å². The Balaban J connectivity index is 1.50. The summed E-state index contributed by atoms with van der Waals surface area (Å²) in [7, 11) is 0. The number of hydrogen-bond donors (Lipinski definition) is 2. The highest BCUT2D eigenvalue weighted by molar-refractivity contribution is 6.30. The lowest BCUT2D eigenvalue weighted by molar-refractivity contribution is 0.230. The van der Waals surface area contributed by atoms with Gasteiger partial charge in [-0.2, -0.15) is 4.98 Å². The minimum Gasteiger partial charge on any atom is -0.337 e. The summed E-state index contributed by atoms with van der Waals surface area (Å²) in [6, 6.07) is 7.26. The van der Waals surface area contributed by atoms with Crippen molar-refractivity contribution in [3.8, 4) is 11.4 Å². The zero-order valence-electron chi connectivity index (χ0n) is 12.7. The second-order valence-electron chi connectivity index (χ2n) is 5.68. The molecular formula is C16H19ClN4O2. The lowest BCUT2D eigenvalue weighted by atomic mass is 9.96. The molecule has 0 spiro atoms. The first-order valence-electron chi connectivity index (χ1n) is 7.83. The van der Waals surface area contributed by atoms with Crippen molar-refractivity contribution in [2.75, 3.05) is 0 Å². The third-order valence-corrected chi connectivity index (χ3v) is 4.16. The number of urea groups is 1. The van der Waals surface area contributed by atoms with E-state index in [9.17, 15) is 4.79 Å². The van der Waals surface area contributed by atoms with Gasteiger partial charge in [0.2, 0.25) is 11.7 Å². The second-order valence-corrected chi connectivity index (χ2v) is 6.12. The number of nitrogens with one attached hydrogen (secondary N) is 2. The van der Waals surface area contributed by atoms with Crippen LogP contribution in [0.1, 0.15) is 38.0 Å². The van der Waals surface area contributed by atoms with Crippen LogP contribution in [0.25, 0.3) is 11.4 Å². The van der Waals surface area contributed by atoms with Gasteiger partial charge in [0.1, 0.15) is 0 Å². The lowest BCUT2D eigenvalue weighted by Gasteiger charge is -2.22. The van der Waals surface area contributed by atoms with Crippen molar-refractivity contribution in [3.05, 3.63) is 35.2 Å². The average molecular weight is 335 g/mol. The standard InChI is InChI=1S/C16H19ClN4O2/c17-12-8-6-11(7-9-12)15-20-14(23-21-15)10-18-16(22)19-13-4-2-1-3-5-13/h6-9,13H,1-5,10H2,(H2,18,19,22). The summed E-state index contributed by atoms with van der Waals surface area (Å²) >= 11 is 5.85. The van der Waals surface area contributed by atoms with E-state index in [1.165, 1.54) is 19.3 Å². The van der Waals surface area contributed by atoms with Crippen LogP contribution in [0.5, 0.6) is 0 Å². The lowest BCUT2D eigenvalue weighted by Crippen LogP contribution is -2.42. The molecule has 1 aliphatic carbocycles. The zero-order valence-corrected chi connectivity index (χ0v) is 13.5. The Kier molecular flexibility index (Phi) is 5.12. The number of amides is 2. The van der Waals surface area contributed by atoms with Crippen LogP contribution in [0, 0.1) is 0 Å². The molecule has 2 amide bonds. The minimum absolute atomic E-state index is 0.192. The molecule has 1 aromatic heterocycles. The van der Waals surface area contributed by atoms with E-state index in [-0.39, 0.29) is 18.6 Å². The van der Waals surface area contributed by atoms with Gasteiger partial charge in [-0.25, -0.2) is 4.79 Å². The summed E-state index contributed by atoms with van der Waals surface area (Å²) in [5.74, 6) is 0.847. The Hall–Kier alpha value is -2.08. The van der Waals surface area contributed by atoms with Crippen LogP contribution in [-0.4, -0.2) is 22.2 Å². The van der Waals surface area contributed by atoms with Gasteiger partial charge in [0.05, 0.1) is 6.54 Å². The Labute approximate surface area is 139 Å². The third kappa shape index (κ3) is 4.45. The number of nitrogens with zero attached hydrogens (tertiary/aromatic N) is 2. The number of hydrogen-bond acceptors (Lipinski definition) is 4. The molecule has 23 heavy (non-hydrogen) atoms. The van der Waals surface area contributed by atoms with Gasteiger partial charge < -0.3 is 15.2 Å². The van der Waals surface area contributed by atoms with Crippen LogP contribution in [0.15, 0.2) is 28.8 Å². The maximum absolute atomic E-state index is 11.9. The average Bonchev–Trinajstić information content (AvgIpc) is 3.04. The van der Waals surface area contributed by atoms with Gasteiger partial charge in [-0.05, 0) is 37.1 Å². The minimum atomic E-state index is -0.192. The molecule has 3 rings (SSSR count). The molecule has 0 atom stereocenters. The van der Waals surface area contributed by atoms with Crippen LogP contribution in [0.2, 0.25) is 5.02 Å². The Morgan fingerprint density at radius 2 is 1.96 bits per heavy atom. The van der Waals surface area contributed by atoms with Gasteiger partial charge in [-0.1, -0.05) is 36.0 Å². The van der Waals surface area contributed by atoms with Gasteiger partial charge >= 0.3 is 6.03 Å². The normalized spacial score (nSPS) is 15.3. The van der Waals surface area contributed by atoms with E-state index in [1.807, 2.05) is 12.1 Å². The number of rotatable bonds is 4. The first-order chi connectivity index (χ1) is 11.2. The van der Waals surface area contributed by atoms with Crippen molar-refractivity contribution in [1.82, 2.24) is 20.8 Å². The van der Waals surface area contributed by atoms with Crippen molar-refractivity contribution < 1.29 is 9.32 Å². The van der Waals surface area contributed by atoms with E-state index in [4.69, 9.17) is 16.1 Å². The van der Waals surface area contributed by atoms with Crippen LogP contribution in [0.4, 0.5) is 4.79 Å². The smallest absolute Gasteiger partial charge is 0.315 e. The summed E-state index contributed by atoms with van der Waals surface area (Å²) in [5.41, 5.74) is 0.816. The number of aromatic nitrogens is 2. The zero-order chi connectivity index (χ0) is 16.1. The molecule has 2 N–H and O–H groups in total. The van der Waals surface area contributed by atoms with E-state index < -0.39 is 0 Å².